The Balaban J connectivity index is 1.57. The number of benzene rings is 2. The molecule has 0 saturated heterocycles. The van der Waals surface area contributed by atoms with Crippen molar-refractivity contribution in [2.75, 3.05) is 0 Å². The van der Waals surface area contributed by atoms with Crippen LogP contribution >= 0.6 is 0 Å². The summed E-state index contributed by atoms with van der Waals surface area (Å²) in [6, 6.07) is 16.1. The molecule has 7 heteroatoms. The molecule has 5 rings (SSSR count). The van der Waals surface area contributed by atoms with Gasteiger partial charge < -0.3 is 21.4 Å². The van der Waals surface area contributed by atoms with Crippen molar-refractivity contribution in [2.45, 2.75) is 44.3 Å². The third kappa shape index (κ3) is 4.19. The number of amides is 1. The molecular weight excluding hydrogens is 412 g/mol. The number of pyridine rings is 1. The summed E-state index contributed by atoms with van der Waals surface area (Å²) in [5.41, 5.74) is 15.0. The van der Waals surface area contributed by atoms with E-state index in [0.29, 0.717) is 17.8 Å². The average molecular weight is 441 g/mol. The highest BCUT2D eigenvalue weighted by molar-refractivity contribution is 6.02. The Morgan fingerprint density at radius 3 is 2.70 bits per heavy atom. The quantitative estimate of drug-likeness (QED) is 0.280. The van der Waals surface area contributed by atoms with Gasteiger partial charge in [0.15, 0.2) is 0 Å². The smallest absolute Gasteiger partial charge is 0.268 e. The molecule has 6 N–H and O–H groups in total. The third-order valence-corrected chi connectivity index (χ3v) is 6.65. The van der Waals surface area contributed by atoms with Crippen molar-refractivity contribution in [3.05, 3.63) is 77.7 Å². The Kier molecular flexibility index (Phi) is 5.56. The first-order valence-electron chi connectivity index (χ1n) is 11.4. The second-order valence-electron chi connectivity index (χ2n) is 8.90. The SMILES string of the molecule is N=C(N)c1ccc2cc(C(=O)N[C@H]3CC[C@H](N)CC3)n(Cc3cccc4cnccc34)c2c1. The molecule has 0 spiro atoms. The van der Waals surface area contributed by atoms with Crippen molar-refractivity contribution < 1.29 is 4.79 Å². The highest BCUT2D eigenvalue weighted by Gasteiger charge is 2.23. The summed E-state index contributed by atoms with van der Waals surface area (Å²) in [6.07, 6.45) is 7.30. The molecule has 7 nitrogen and oxygen atoms in total. The highest BCUT2D eigenvalue weighted by Crippen LogP contribution is 2.26. The van der Waals surface area contributed by atoms with Gasteiger partial charge in [0, 0.05) is 52.9 Å². The molecule has 1 fully saturated rings. The van der Waals surface area contributed by atoms with Crippen LogP contribution in [0.4, 0.5) is 0 Å². The van der Waals surface area contributed by atoms with Gasteiger partial charge >= 0.3 is 0 Å². The van der Waals surface area contributed by atoms with E-state index in [0.717, 1.165) is 52.9 Å². The van der Waals surface area contributed by atoms with Gasteiger partial charge in [0.2, 0.25) is 0 Å². The topological polar surface area (TPSA) is 123 Å². The Hall–Kier alpha value is -3.71. The van der Waals surface area contributed by atoms with E-state index in [1.165, 1.54) is 0 Å². The molecule has 1 aliphatic rings. The van der Waals surface area contributed by atoms with E-state index < -0.39 is 0 Å². The zero-order valence-corrected chi connectivity index (χ0v) is 18.4. The molecule has 0 bridgehead atoms. The summed E-state index contributed by atoms with van der Waals surface area (Å²) >= 11 is 0. The summed E-state index contributed by atoms with van der Waals surface area (Å²) in [6.45, 7) is 0.518. The molecule has 4 aromatic rings. The maximum absolute atomic E-state index is 13.4. The molecule has 2 aromatic heterocycles. The monoisotopic (exact) mass is 440 g/mol. The van der Waals surface area contributed by atoms with E-state index in [1.807, 2.05) is 53.2 Å². The summed E-state index contributed by atoms with van der Waals surface area (Å²) in [7, 11) is 0. The number of aromatic nitrogens is 2. The summed E-state index contributed by atoms with van der Waals surface area (Å²) in [5.74, 6) is -0.0802. The van der Waals surface area contributed by atoms with Gasteiger partial charge in [0.05, 0.1) is 0 Å². The molecule has 33 heavy (non-hydrogen) atoms. The lowest BCUT2D eigenvalue weighted by Crippen LogP contribution is -2.41. The molecule has 1 saturated carbocycles. The predicted molar refractivity (Wildman–Crippen MR) is 131 cm³/mol. The lowest BCUT2D eigenvalue weighted by atomic mass is 9.92. The van der Waals surface area contributed by atoms with E-state index in [4.69, 9.17) is 16.9 Å². The van der Waals surface area contributed by atoms with E-state index in [-0.39, 0.29) is 23.8 Å². The molecule has 2 aromatic carbocycles. The molecule has 1 amide bonds. The summed E-state index contributed by atoms with van der Waals surface area (Å²) < 4.78 is 2.03. The van der Waals surface area contributed by atoms with Crippen LogP contribution in [0.3, 0.4) is 0 Å². The Morgan fingerprint density at radius 1 is 1.09 bits per heavy atom. The Labute approximate surface area is 192 Å². The number of carbonyl (C=O) groups is 1. The second kappa shape index (κ2) is 8.67. The number of nitrogen functional groups attached to an aromatic ring is 1. The number of fused-ring (bicyclic) bond motifs is 2. The zero-order valence-electron chi connectivity index (χ0n) is 18.4. The highest BCUT2D eigenvalue weighted by atomic mass is 16.2. The van der Waals surface area contributed by atoms with Crippen LogP contribution in [-0.2, 0) is 6.54 Å². The van der Waals surface area contributed by atoms with Crippen molar-refractivity contribution in [2.24, 2.45) is 11.5 Å². The molecule has 0 atom stereocenters. The largest absolute Gasteiger partial charge is 0.384 e. The number of amidine groups is 1. The van der Waals surface area contributed by atoms with Gasteiger partial charge in [0.1, 0.15) is 11.5 Å². The standard InChI is InChI=1S/C26H28N6O/c27-20-6-8-21(9-7-20)31-26(33)24-12-16-4-5-17(25(28)29)13-23(16)32(24)15-19-3-1-2-18-14-30-11-10-22(18)19/h1-5,10-14,20-21H,6-9,15,27H2,(H3,28,29)(H,31,33)/t20-,21-. The van der Waals surface area contributed by atoms with Gasteiger partial charge in [-0.3, -0.25) is 15.2 Å². The lowest BCUT2D eigenvalue weighted by molar-refractivity contribution is 0.0917. The van der Waals surface area contributed by atoms with Crippen LogP contribution in [0.2, 0.25) is 0 Å². The fourth-order valence-electron chi connectivity index (χ4n) is 4.80. The molecule has 1 aliphatic carbocycles. The number of hydrogen-bond acceptors (Lipinski definition) is 4. The molecule has 0 aliphatic heterocycles. The van der Waals surface area contributed by atoms with E-state index in [9.17, 15) is 4.79 Å². The fourth-order valence-corrected chi connectivity index (χ4v) is 4.80. The molecule has 2 heterocycles. The lowest BCUT2D eigenvalue weighted by Gasteiger charge is -2.27. The van der Waals surface area contributed by atoms with E-state index >= 15 is 0 Å². The van der Waals surface area contributed by atoms with Gasteiger partial charge in [-0.25, -0.2) is 0 Å². The number of hydrogen-bond donors (Lipinski definition) is 4. The van der Waals surface area contributed by atoms with Gasteiger partial charge in [0.25, 0.3) is 5.91 Å². The van der Waals surface area contributed by atoms with Gasteiger partial charge in [-0.2, -0.15) is 0 Å². The van der Waals surface area contributed by atoms with Crippen LogP contribution in [0.25, 0.3) is 21.7 Å². The molecule has 0 unspecified atom stereocenters. The fraction of sp³-hybridized carbons (Fsp3) is 0.269. The second-order valence-corrected chi connectivity index (χ2v) is 8.90. The number of rotatable bonds is 5. The Morgan fingerprint density at radius 2 is 1.91 bits per heavy atom. The molecule has 0 radical (unpaired) electrons. The number of carbonyl (C=O) groups excluding carboxylic acids is 1. The van der Waals surface area contributed by atoms with Gasteiger partial charge in [-0.05, 0) is 54.8 Å². The first-order chi connectivity index (χ1) is 16.0. The summed E-state index contributed by atoms with van der Waals surface area (Å²) in [5, 5.41) is 14.2. The van der Waals surface area contributed by atoms with Crippen LogP contribution < -0.4 is 16.8 Å². The normalized spacial score (nSPS) is 18.5. The summed E-state index contributed by atoms with van der Waals surface area (Å²) in [4.78, 5) is 17.6. The minimum absolute atomic E-state index is 0.00503. The minimum atomic E-state index is -0.0852. The number of nitrogens with two attached hydrogens (primary N) is 2. The van der Waals surface area contributed by atoms with Crippen LogP contribution in [-0.4, -0.2) is 33.4 Å². The molecule has 168 valence electrons. The maximum atomic E-state index is 13.4. The third-order valence-electron chi connectivity index (χ3n) is 6.65. The Bertz CT molecular complexity index is 1340. The number of nitrogens with zero attached hydrogens (tertiary/aromatic N) is 2. The maximum Gasteiger partial charge on any atom is 0.268 e. The van der Waals surface area contributed by atoms with Crippen LogP contribution in [0.1, 0.15) is 47.3 Å². The average Bonchev–Trinajstić information content (AvgIpc) is 3.18. The van der Waals surface area contributed by atoms with Crippen molar-refractivity contribution >= 4 is 33.4 Å². The molecular formula is C26H28N6O. The van der Waals surface area contributed by atoms with E-state index in [2.05, 4.69) is 16.4 Å². The van der Waals surface area contributed by atoms with Crippen LogP contribution in [0.15, 0.2) is 60.9 Å². The van der Waals surface area contributed by atoms with Crippen molar-refractivity contribution in [3.63, 3.8) is 0 Å². The van der Waals surface area contributed by atoms with Crippen molar-refractivity contribution in [3.8, 4) is 0 Å². The van der Waals surface area contributed by atoms with Gasteiger partial charge in [-0.1, -0.05) is 30.3 Å². The van der Waals surface area contributed by atoms with Gasteiger partial charge in [-0.15, -0.1) is 0 Å². The predicted octanol–water partition coefficient (Wildman–Crippen LogP) is 3.52. The van der Waals surface area contributed by atoms with Crippen molar-refractivity contribution in [1.29, 1.82) is 5.41 Å². The minimum Gasteiger partial charge on any atom is -0.384 e. The van der Waals surface area contributed by atoms with Crippen LogP contribution in [0, 0.1) is 5.41 Å². The van der Waals surface area contributed by atoms with Crippen molar-refractivity contribution in [1.82, 2.24) is 14.9 Å². The zero-order chi connectivity index (χ0) is 22.9. The first-order valence-corrected chi connectivity index (χ1v) is 11.4. The van der Waals surface area contributed by atoms with E-state index in [1.54, 1.807) is 6.20 Å². The first kappa shape index (κ1) is 21.2. The number of nitrogens with one attached hydrogen (secondary N) is 2. The van der Waals surface area contributed by atoms with Crippen LogP contribution in [0.5, 0.6) is 0 Å².